The number of carboxylic acid groups (broad SMARTS) is 1. The quantitative estimate of drug-likeness (QED) is 0.248. The van der Waals surface area contributed by atoms with E-state index in [-0.39, 0.29) is 49.2 Å². The first kappa shape index (κ1) is 36.3. The van der Waals surface area contributed by atoms with Crippen molar-refractivity contribution in [2.45, 2.75) is 116 Å². The zero-order chi connectivity index (χ0) is 35.5. The number of benzene rings is 2. The van der Waals surface area contributed by atoms with Crippen LogP contribution in [-0.2, 0) is 35.3 Å². The Kier molecular flexibility index (Phi) is 11.3. The first-order valence-corrected chi connectivity index (χ1v) is 17.8. The number of nitrogens with one attached hydrogen (secondary N) is 3. The lowest BCUT2D eigenvalue weighted by atomic mass is 9.83. The Morgan fingerprint density at radius 1 is 0.959 bits per heavy atom. The number of fused-ring (bicyclic) bond motifs is 1. The van der Waals surface area contributed by atoms with Crippen LogP contribution in [0.4, 0.5) is 0 Å². The summed E-state index contributed by atoms with van der Waals surface area (Å²) in [4.78, 5) is 68.1. The number of carbonyl (C=O) groups excluding carboxylic acids is 4. The molecule has 266 valence electrons. The fraction of sp³-hybridized carbons (Fsp3) is 0.605. The maximum Gasteiger partial charge on any atom is 0.329 e. The second-order valence-electron chi connectivity index (χ2n) is 14.9. The molecule has 2 saturated carbocycles. The number of rotatable bonds is 13. The molecular formula is C38H52N4O7. The summed E-state index contributed by atoms with van der Waals surface area (Å²) in [5, 5.41) is 20.8. The largest absolute Gasteiger partial charge is 0.479 e. The molecule has 11 nitrogen and oxygen atoms in total. The molecule has 0 aromatic heterocycles. The van der Waals surface area contributed by atoms with Gasteiger partial charge in [0.1, 0.15) is 23.7 Å². The minimum atomic E-state index is -1.38. The number of hydrogen-bond acceptors (Lipinski definition) is 6. The Morgan fingerprint density at radius 2 is 1.65 bits per heavy atom. The van der Waals surface area contributed by atoms with E-state index in [0.29, 0.717) is 6.42 Å². The lowest BCUT2D eigenvalue weighted by Crippen LogP contribution is -2.60. The van der Waals surface area contributed by atoms with Gasteiger partial charge in [-0.05, 0) is 59.3 Å². The number of carbonyl (C=O) groups is 5. The molecule has 1 heterocycles. The lowest BCUT2D eigenvalue weighted by Gasteiger charge is -2.34. The number of carboxylic acids is 1. The van der Waals surface area contributed by atoms with Crippen molar-refractivity contribution in [3.63, 3.8) is 0 Å². The summed E-state index contributed by atoms with van der Waals surface area (Å²) in [6, 6.07) is 11.2. The highest BCUT2D eigenvalue weighted by Gasteiger charge is 2.63. The Morgan fingerprint density at radius 3 is 2.29 bits per heavy atom. The molecule has 1 aliphatic heterocycles. The van der Waals surface area contributed by atoms with Gasteiger partial charge in [0, 0.05) is 19.9 Å². The van der Waals surface area contributed by atoms with Gasteiger partial charge in [0.05, 0.1) is 12.7 Å². The second-order valence-corrected chi connectivity index (χ2v) is 14.9. The zero-order valence-corrected chi connectivity index (χ0v) is 29.4. The molecule has 0 radical (unpaired) electrons. The van der Waals surface area contributed by atoms with Crippen LogP contribution in [0, 0.1) is 23.7 Å². The molecule has 4 amide bonds. The first-order chi connectivity index (χ1) is 23.3. The summed E-state index contributed by atoms with van der Waals surface area (Å²) in [6.45, 7) is 9.27. The van der Waals surface area contributed by atoms with Gasteiger partial charge in [-0.25, -0.2) is 4.79 Å². The smallest absolute Gasteiger partial charge is 0.329 e. The molecule has 2 aliphatic carbocycles. The van der Waals surface area contributed by atoms with Gasteiger partial charge in [-0.1, -0.05) is 89.4 Å². The number of ether oxygens (including phenoxy) is 1. The van der Waals surface area contributed by atoms with Crippen LogP contribution in [-0.4, -0.2) is 75.9 Å². The van der Waals surface area contributed by atoms with Gasteiger partial charge in [-0.3, -0.25) is 19.2 Å². The maximum atomic E-state index is 14.4. The van der Waals surface area contributed by atoms with Crippen molar-refractivity contribution in [3.05, 3.63) is 48.0 Å². The average molecular weight is 677 g/mol. The molecule has 0 bridgehead atoms. The van der Waals surface area contributed by atoms with E-state index in [0.717, 1.165) is 48.4 Å². The van der Waals surface area contributed by atoms with Gasteiger partial charge in [-0.15, -0.1) is 0 Å². The molecule has 6 atom stereocenters. The van der Waals surface area contributed by atoms with Crippen LogP contribution in [0.2, 0.25) is 0 Å². The standard InChI is InChI=1S/C38H52N4O7/c1-22(2)30-19-38(30,37(47)48)41-34(44)31-18-28(49-21-27-16-11-15-25-12-9-10-17-29(25)27)20-42(31)36(46)32(23(3)4)40-35(45)33(39-24(5)43)26-13-7-6-8-14-26/h9-12,15-17,22-23,26,28,30-33H,6-8,13-14,18-21H2,1-5H3,(H,39,43)(H,40,45)(H,41,44)(H,47,48)/t28-,30+,31+,32+,33+,38-/m1/s1. The van der Waals surface area contributed by atoms with Gasteiger partial charge in [0.25, 0.3) is 0 Å². The number of aliphatic carboxylic acids is 1. The Labute approximate surface area is 288 Å². The molecule has 11 heteroatoms. The molecule has 3 fully saturated rings. The number of hydrogen-bond donors (Lipinski definition) is 4. The summed E-state index contributed by atoms with van der Waals surface area (Å²) in [5.41, 5.74) is -0.399. The van der Waals surface area contributed by atoms with E-state index in [4.69, 9.17) is 4.74 Å². The zero-order valence-electron chi connectivity index (χ0n) is 29.4. The van der Waals surface area contributed by atoms with E-state index < -0.39 is 53.5 Å². The molecule has 1 saturated heterocycles. The van der Waals surface area contributed by atoms with Gasteiger partial charge in [0.15, 0.2) is 0 Å². The predicted molar refractivity (Wildman–Crippen MR) is 185 cm³/mol. The Balaban J connectivity index is 1.37. The molecule has 0 spiro atoms. The highest BCUT2D eigenvalue weighted by Crippen LogP contribution is 2.49. The van der Waals surface area contributed by atoms with E-state index in [1.807, 2.05) is 70.2 Å². The topological polar surface area (TPSA) is 154 Å². The predicted octanol–water partition coefficient (Wildman–Crippen LogP) is 4.17. The van der Waals surface area contributed by atoms with E-state index in [2.05, 4.69) is 16.0 Å². The average Bonchev–Trinajstić information content (AvgIpc) is 3.66. The van der Waals surface area contributed by atoms with Crippen molar-refractivity contribution in [2.24, 2.45) is 23.7 Å². The molecule has 3 aliphatic rings. The summed E-state index contributed by atoms with van der Waals surface area (Å²) in [6.07, 6.45) is 4.65. The number of nitrogens with zero attached hydrogens (tertiary/aromatic N) is 1. The van der Waals surface area contributed by atoms with Crippen LogP contribution in [0.3, 0.4) is 0 Å². The molecule has 5 rings (SSSR count). The van der Waals surface area contributed by atoms with E-state index in [9.17, 15) is 29.1 Å². The number of amides is 4. The van der Waals surface area contributed by atoms with E-state index in [1.165, 1.54) is 11.8 Å². The normalized spacial score (nSPS) is 25.2. The van der Waals surface area contributed by atoms with Gasteiger partial charge >= 0.3 is 5.97 Å². The highest BCUT2D eigenvalue weighted by atomic mass is 16.5. The third-order valence-corrected chi connectivity index (χ3v) is 10.7. The van der Waals surface area contributed by atoms with Crippen LogP contribution in [0.1, 0.15) is 85.1 Å². The second kappa shape index (κ2) is 15.3. The van der Waals surface area contributed by atoms with Crippen LogP contribution in [0.15, 0.2) is 42.5 Å². The van der Waals surface area contributed by atoms with Crippen molar-refractivity contribution in [3.8, 4) is 0 Å². The number of likely N-dealkylation sites (tertiary alicyclic amines) is 1. The van der Waals surface area contributed by atoms with Crippen LogP contribution in [0.25, 0.3) is 10.8 Å². The van der Waals surface area contributed by atoms with Crippen LogP contribution >= 0.6 is 0 Å². The minimum Gasteiger partial charge on any atom is -0.479 e. The monoisotopic (exact) mass is 676 g/mol. The Hall–Kier alpha value is -3.99. The molecular weight excluding hydrogens is 624 g/mol. The fourth-order valence-corrected chi connectivity index (χ4v) is 7.89. The highest BCUT2D eigenvalue weighted by molar-refractivity contribution is 5.97. The summed E-state index contributed by atoms with van der Waals surface area (Å²) in [7, 11) is 0. The van der Waals surface area contributed by atoms with Crippen molar-refractivity contribution in [1.29, 1.82) is 0 Å². The summed E-state index contributed by atoms with van der Waals surface area (Å²) >= 11 is 0. The lowest BCUT2D eigenvalue weighted by molar-refractivity contribution is -0.147. The molecule has 2 aromatic rings. The van der Waals surface area contributed by atoms with Crippen molar-refractivity contribution in [2.75, 3.05) is 6.54 Å². The molecule has 4 N–H and O–H groups in total. The first-order valence-electron chi connectivity index (χ1n) is 17.8. The van der Waals surface area contributed by atoms with Crippen molar-refractivity contribution in [1.82, 2.24) is 20.9 Å². The third kappa shape index (κ3) is 8.09. The summed E-state index contributed by atoms with van der Waals surface area (Å²) < 4.78 is 6.37. The maximum absolute atomic E-state index is 14.4. The minimum absolute atomic E-state index is 0.0302. The van der Waals surface area contributed by atoms with Gasteiger partial charge < -0.3 is 30.7 Å². The van der Waals surface area contributed by atoms with Crippen LogP contribution < -0.4 is 16.0 Å². The van der Waals surface area contributed by atoms with E-state index >= 15 is 0 Å². The van der Waals surface area contributed by atoms with Crippen molar-refractivity contribution < 1.29 is 33.8 Å². The van der Waals surface area contributed by atoms with Crippen LogP contribution in [0.5, 0.6) is 0 Å². The van der Waals surface area contributed by atoms with E-state index in [1.54, 1.807) is 0 Å². The molecule has 49 heavy (non-hydrogen) atoms. The summed E-state index contributed by atoms with van der Waals surface area (Å²) in [5.74, 6) is -3.32. The van der Waals surface area contributed by atoms with Crippen molar-refractivity contribution >= 4 is 40.4 Å². The molecule has 0 unspecified atom stereocenters. The molecule has 2 aromatic carbocycles. The van der Waals surface area contributed by atoms with Gasteiger partial charge in [-0.2, -0.15) is 0 Å². The SMILES string of the molecule is CC(=O)N[C@H](C(=O)N[C@H](C(=O)N1C[C@H](OCc2cccc3ccccc23)C[C@H]1C(=O)N[C@]1(C(=O)O)C[C@H]1C(C)C)C(C)C)C1CCCCC1. The fourth-order valence-electron chi connectivity index (χ4n) is 7.89. The Bertz CT molecular complexity index is 1550. The van der Waals surface area contributed by atoms with Gasteiger partial charge in [0.2, 0.25) is 23.6 Å². The third-order valence-electron chi connectivity index (χ3n) is 10.7.